The van der Waals surface area contributed by atoms with Crippen LogP contribution < -0.4 is 0 Å². The van der Waals surface area contributed by atoms with Gasteiger partial charge in [0.1, 0.15) is 0 Å². The topological polar surface area (TPSA) is 29.5 Å². The number of nitrogens with zero attached hydrogens (tertiary/aromatic N) is 1. The van der Waals surface area contributed by atoms with Gasteiger partial charge in [-0.3, -0.25) is 4.79 Å². The predicted molar refractivity (Wildman–Crippen MR) is 87.5 cm³/mol. The summed E-state index contributed by atoms with van der Waals surface area (Å²) in [7, 11) is 0. The van der Waals surface area contributed by atoms with Crippen LogP contribution in [0.25, 0.3) is 0 Å². The number of piperidine rings is 1. The van der Waals surface area contributed by atoms with Crippen LogP contribution in [0.4, 0.5) is 0 Å². The summed E-state index contributed by atoms with van der Waals surface area (Å²) >= 11 is 0. The lowest BCUT2D eigenvalue weighted by atomic mass is 10.0. The van der Waals surface area contributed by atoms with E-state index < -0.39 is 0 Å². The zero-order valence-corrected chi connectivity index (χ0v) is 13.6. The molecule has 0 aromatic heterocycles. The van der Waals surface area contributed by atoms with E-state index in [1.165, 1.54) is 24.0 Å². The van der Waals surface area contributed by atoms with Gasteiger partial charge in [-0.15, -0.1) is 0 Å². The summed E-state index contributed by atoms with van der Waals surface area (Å²) in [6, 6.07) is 8.46. The third kappa shape index (κ3) is 3.89. The SMILES string of the molecule is Cc1cccc(COC2CCCN(C(=O)C3CCCC3)C2)c1. The zero-order chi connectivity index (χ0) is 15.4. The zero-order valence-electron chi connectivity index (χ0n) is 13.6. The van der Waals surface area contributed by atoms with Crippen LogP contribution in [0.3, 0.4) is 0 Å². The summed E-state index contributed by atoms with van der Waals surface area (Å²) in [5.41, 5.74) is 2.49. The first-order chi connectivity index (χ1) is 10.7. The third-order valence-electron chi connectivity index (χ3n) is 4.96. The van der Waals surface area contributed by atoms with E-state index >= 15 is 0 Å². The lowest BCUT2D eigenvalue weighted by Gasteiger charge is -2.34. The van der Waals surface area contributed by atoms with Crippen molar-refractivity contribution in [2.75, 3.05) is 13.1 Å². The number of hydrogen-bond acceptors (Lipinski definition) is 2. The number of ether oxygens (including phenoxy) is 1. The molecule has 3 heteroatoms. The first-order valence-corrected chi connectivity index (χ1v) is 8.68. The van der Waals surface area contributed by atoms with Crippen LogP contribution in [0.2, 0.25) is 0 Å². The second-order valence-corrected chi connectivity index (χ2v) is 6.83. The Balaban J connectivity index is 1.51. The van der Waals surface area contributed by atoms with Crippen LogP contribution in [0.5, 0.6) is 0 Å². The Bertz CT molecular complexity index is 508. The smallest absolute Gasteiger partial charge is 0.225 e. The first-order valence-electron chi connectivity index (χ1n) is 8.68. The summed E-state index contributed by atoms with van der Waals surface area (Å²) < 4.78 is 6.07. The van der Waals surface area contributed by atoms with E-state index in [-0.39, 0.29) is 12.0 Å². The van der Waals surface area contributed by atoms with Gasteiger partial charge in [0, 0.05) is 19.0 Å². The fourth-order valence-electron chi connectivity index (χ4n) is 3.72. The maximum atomic E-state index is 12.5. The molecule has 1 unspecified atom stereocenters. The second-order valence-electron chi connectivity index (χ2n) is 6.83. The van der Waals surface area contributed by atoms with Crippen molar-refractivity contribution in [1.29, 1.82) is 0 Å². The van der Waals surface area contributed by atoms with E-state index in [0.29, 0.717) is 12.5 Å². The quantitative estimate of drug-likeness (QED) is 0.849. The molecular weight excluding hydrogens is 274 g/mol. The number of amides is 1. The fourth-order valence-corrected chi connectivity index (χ4v) is 3.72. The van der Waals surface area contributed by atoms with Crippen molar-refractivity contribution < 1.29 is 9.53 Å². The van der Waals surface area contributed by atoms with E-state index in [2.05, 4.69) is 36.1 Å². The highest BCUT2D eigenvalue weighted by atomic mass is 16.5. The Kier molecular flexibility index (Phi) is 5.14. The molecule has 0 radical (unpaired) electrons. The van der Waals surface area contributed by atoms with Crippen LogP contribution in [0.1, 0.15) is 49.7 Å². The number of hydrogen-bond donors (Lipinski definition) is 0. The van der Waals surface area contributed by atoms with Crippen molar-refractivity contribution in [2.45, 2.75) is 58.2 Å². The molecule has 1 aromatic rings. The minimum Gasteiger partial charge on any atom is -0.372 e. The number of carbonyl (C=O) groups excluding carboxylic acids is 1. The maximum Gasteiger partial charge on any atom is 0.225 e. The van der Waals surface area contributed by atoms with Gasteiger partial charge in [-0.2, -0.15) is 0 Å². The molecule has 3 nitrogen and oxygen atoms in total. The predicted octanol–water partition coefficient (Wildman–Crippen LogP) is 3.69. The highest BCUT2D eigenvalue weighted by molar-refractivity contribution is 5.79. The summed E-state index contributed by atoms with van der Waals surface area (Å²) in [6.07, 6.45) is 6.94. The molecule has 3 rings (SSSR count). The molecule has 1 saturated carbocycles. The molecule has 2 aliphatic rings. The molecule has 1 aliphatic heterocycles. The average molecular weight is 301 g/mol. The molecule has 1 aliphatic carbocycles. The Morgan fingerprint density at radius 1 is 1.23 bits per heavy atom. The first kappa shape index (κ1) is 15.5. The molecule has 1 heterocycles. The minimum absolute atomic E-state index is 0.194. The van der Waals surface area contributed by atoms with Gasteiger partial charge in [-0.1, -0.05) is 42.7 Å². The van der Waals surface area contributed by atoms with Crippen LogP contribution in [0.15, 0.2) is 24.3 Å². The Morgan fingerprint density at radius 2 is 2.05 bits per heavy atom. The van der Waals surface area contributed by atoms with E-state index in [1.54, 1.807) is 0 Å². The van der Waals surface area contributed by atoms with E-state index in [4.69, 9.17) is 4.74 Å². The van der Waals surface area contributed by atoms with Gasteiger partial charge in [0.25, 0.3) is 0 Å². The summed E-state index contributed by atoms with van der Waals surface area (Å²) in [4.78, 5) is 14.6. The van der Waals surface area contributed by atoms with Gasteiger partial charge in [0.05, 0.1) is 12.7 Å². The molecular formula is C19H27NO2. The van der Waals surface area contributed by atoms with Crippen molar-refractivity contribution in [3.05, 3.63) is 35.4 Å². The van der Waals surface area contributed by atoms with Crippen molar-refractivity contribution >= 4 is 5.91 Å². The van der Waals surface area contributed by atoms with E-state index in [1.807, 2.05) is 0 Å². The molecule has 0 spiro atoms. The third-order valence-corrected chi connectivity index (χ3v) is 4.96. The number of rotatable bonds is 4. The number of aryl methyl sites for hydroxylation is 1. The second kappa shape index (κ2) is 7.28. The van der Waals surface area contributed by atoms with Gasteiger partial charge >= 0.3 is 0 Å². The lowest BCUT2D eigenvalue weighted by Crippen LogP contribution is -2.45. The summed E-state index contributed by atoms with van der Waals surface area (Å²) in [6.45, 7) is 4.45. The molecule has 22 heavy (non-hydrogen) atoms. The molecule has 1 aromatic carbocycles. The van der Waals surface area contributed by atoms with Gasteiger partial charge in [-0.05, 0) is 38.2 Å². The normalized spacial score (nSPS) is 23.0. The molecule has 0 bridgehead atoms. The molecule has 1 atom stereocenters. The Labute approximate surface area is 133 Å². The number of benzene rings is 1. The number of likely N-dealkylation sites (tertiary alicyclic amines) is 1. The van der Waals surface area contributed by atoms with Crippen LogP contribution in [0, 0.1) is 12.8 Å². The van der Waals surface area contributed by atoms with Crippen molar-refractivity contribution in [3.63, 3.8) is 0 Å². The van der Waals surface area contributed by atoms with Crippen LogP contribution in [-0.2, 0) is 16.1 Å². The van der Waals surface area contributed by atoms with Crippen LogP contribution >= 0.6 is 0 Å². The van der Waals surface area contributed by atoms with Gasteiger partial charge in [0.2, 0.25) is 5.91 Å². The average Bonchev–Trinajstić information content (AvgIpc) is 3.07. The fraction of sp³-hybridized carbons (Fsp3) is 0.632. The Hall–Kier alpha value is -1.35. The molecule has 1 saturated heterocycles. The largest absolute Gasteiger partial charge is 0.372 e. The summed E-state index contributed by atoms with van der Waals surface area (Å²) in [5, 5.41) is 0. The van der Waals surface area contributed by atoms with Gasteiger partial charge in [0.15, 0.2) is 0 Å². The standard InChI is InChI=1S/C19H27NO2/c1-15-6-4-7-16(12-15)14-22-18-10-5-11-20(13-18)19(21)17-8-2-3-9-17/h4,6-7,12,17-18H,2-3,5,8-11,13-14H2,1H3. The minimum atomic E-state index is 0.194. The van der Waals surface area contributed by atoms with Gasteiger partial charge in [-0.25, -0.2) is 0 Å². The highest BCUT2D eigenvalue weighted by Gasteiger charge is 2.30. The molecule has 120 valence electrons. The van der Waals surface area contributed by atoms with Gasteiger partial charge < -0.3 is 9.64 Å². The van der Waals surface area contributed by atoms with Crippen molar-refractivity contribution in [3.8, 4) is 0 Å². The lowest BCUT2D eigenvalue weighted by molar-refractivity contribution is -0.139. The van der Waals surface area contributed by atoms with Crippen molar-refractivity contribution in [2.24, 2.45) is 5.92 Å². The number of carbonyl (C=O) groups is 1. The molecule has 1 amide bonds. The maximum absolute atomic E-state index is 12.5. The highest BCUT2D eigenvalue weighted by Crippen LogP contribution is 2.28. The summed E-state index contributed by atoms with van der Waals surface area (Å²) in [5.74, 6) is 0.664. The van der Waals surface area contributed by atoms with E-state index in [9.17, 15) is 4.79 Å². The van der Waals surface area contributed by atoms with Crippen LogP contribution in [-0.4, -0.2) is 30.0 Å². The monoisotopic (exact) mass is 301 g/mol. The van der Waals surface area contributed by atoms with E-state index in [0.717, 1.165) is 38.8 Å². The molecule has 0 N–H and O–H groups in total. The van der Waals surface area contributed by atoms with Crippen molar-refractivity contribution in [1.82, 2.24) is 4.90 Å². The Morgan fingerprint density at radius 3 is 2.82 bits per heavy atom. The molecule has 2 fully saturated rings.